The summed E-state index contributed by atoms with van der Waals surface area (Å²) in [6, 6.07) is 4.69. The van der Waals surface area contributed by atoms with Crippen LogP contribution >= 0.6 is 11.8 Å². The smallest absolute Gasteiger partial charge is 0.173 e. The fraction of sp³-hybridized carbons (Fsp3) is 0.462. The van der Waals surface area contributed by atoms with Crippen molar-refractivity contribution in [3.8, 4) is 0 Å². The van der Waals surface area contributed by atoms with Crippen molar-refractivity contribution >= 4 is 17.6 Å². The number of nitrogens with zero attached hydrogens (tertiary/aromatic N) is 1. The topological polar surface area (TPSA) is 90.9 Å². The Morgan fingerprint density at radius 3 is 2.85 bits per heavy atom. The molecule has 1 aromatic carbocycles. The van der Waals surface area contributed by atoms with Crippen molar-refractivity contribution < 1.29 is 14.7 Å². The molecule has 7 heteroatoms. The van der Waals surface area contributed by atoms with Gasteiger partial charge in [-0.3, -0.25) is 0 Å². The number of benzene rings is 1. The van der Waals surface area contributed by atoms with Gasteiger partial charge in [-0.25, -0.2) is 4.39 Å². The van der Waals surface area contributed by atoms with E-state index in [1.54, 1.807) is 30.8 Å². The van der Waals surface area contributed by atoms with Crippen LogP contribution in [0.3, 0.4) is 0 Å². The Kier molecular flexibility index (Phi) is 6.25. The van der Waals surface area contributed by atoms with Gasteiger partial charge in [0.15, 0.2) is 5.84 Å². The maximum absolute atomic E-state index is 14.1. The van der Waals surface area contributed by atoms with Crippen LogP contribution in [0.1, 0.15) is 18.1 Å². The van der Waals surface area contributed by atoms with E-state index >= 15 is 0 Å². The third-order valence-corrected chi connectivity index (χ3v) is 3.65. The molecule has 1 unspecified atom stereocenters. The van der Waals surface area contributed by atoms with Crippen molar-refractivity contribution in [2.75, 3.05) is 18.6 Å². The van der Waals surface area contributed by atoms with Crippen molar-refractivity contribution in [2.24, 2.45) is 10.9 Å². The number of hydrogen-bond acceptors (Lipinski definition) is 5. The van der Waals surface area contributed by atoms with E-state index in [1.807, 2.05) is 6.26 Å². The molecule has 20 heavy (non-hydrogen) atoms. The lowest BCUT2D eigenvalue weighted by atomic mass is 10.1. The van der Waals surface area contributed by atoms with Gasteiger partial charge >= 0.3 is 0 Å². The zero-order valence-corrected chi connectivity index (χ0v) is 12.4. The lowest BCUT2D eigenvalue weighted by Gasteiger charge is -2.22. The predicted molar refractivity (Wildman–Crippen MR) is 79.6 cm³/mol. The fourth-order valence-electron chi connectivity index (χ4n) is 1.80. The zero-order chi connectivity index (χ0) is 15.2. The van der Waals surface area contributed by atoms with Crippen LogP contribution in [0.5, 0.6) is 0 Å². The summed E-state index contributed by atoms with van der Waals surface area (Å²) in [4.78, 5) is 0. The summed E-state index contributed by atoms with van der Waals surface area (Å²) >= 11 is 1.54. The molecule has 5 nitrogen and oxygen atoms in total. The summed E-state index contributed by atoms with van der Waals surface area (Å²) < 4.78 is 14.1. The van der Waals surface area contributed by atoms with Crippen LogP contribution in [0.15, 0.2) is 23.4 Å². The van der Waals surface area contributed by atoms with Crippen LogP contribution in [0.4, 0.5) is 4.39 Å². The van der Waals surface area contributed by atoms with Crippen LogP contribution < -0.4 is 11.1 Å². The lowest BCUT2D eigenvalue weighted by Crippen LogP contribution is -2.39. The van der Waals surface area contributed by atoms with Crippen LogP contribution in [-0.4, -0.2) is 40.3 Å². The van der Waals surface area contributed by atoms with E-state index in [2.05, 4.69) is 10.5 Å². The van der Waals surface area contributed by atoms with E-state index in [0.29, 0.717) is 17.9 Å². The van der Waals surface area contributed by atoms with Gasteiger partial charge in [-0.2, -0.15) is 11.8 Å². The predicted octanol–water partition coefficient (Wildman–Crippen LogP) is 1.12. The van der Waals surface area contributed by atoms with Crippen LogP contribution in [-0.2, 0) is 6.54 Å². The van der Waals surface area contributed by atoms with Gasteiger partial charge in [0, 0.05) is 24.4 Å². The first kappa shape index (κ1) is 16.7. The molecule has 1 aromatic rings. The van der Waals surface area contributed by atoms with Gasteiger partial charge in [-0.15, -0.1) is 0 Å². The summed E-state index contributed by atoms with van der Waals surface area (Å²) in [5.41, 5.74) is 5.01. The number of halogens is 1. The maximum atomic E-state index is 14.1. The van der Waals surface area contributed by atoms with Crippen molar-refractivity contribution in [2.45, 2.75) is 19.1 Å². The highest BCUT2D eigenvalue weighted by atomic mass is 32.2. The number of nitrogens with two attached hydrogens (primary N) is 1. The largest absolute Gasteiger partial charge is 0.409 e. The molecule has 0 aromatic heterocycles. The summed E-state index contributed by atoms with van der Waals surface area (Å²) in [6.07, 6.45) is 1.91. The van der Waals surface area contributed by atoms with Gasteiger partial charge in [0.25, 0.3) is 0 Å². The van der Waals surface area contributed by atoms with Gasteiger partial charge in [0.05, 0.1) is 11.2 Å². The Bertz CT molecular complexity index is 481. The molecular formula is C13H20FN3O2S. The summed E-state index contributed by atoms with van der Waals surface area (Å²) in [6.45, 7) is 2.32. The normalized spacial score (nSPS) is 15.1. The summed E-state index contributed by atoms with van der Waals surface area (Å²) in [5, 5.41) is 24.4. The standard InChI is InChI=1S/C13H20FN3O2S/c1-13(18,8-20-2)7-16-6-9-4-3-5-10(11(9)14)12(15)17-19/h3-5,16,18-19H,6-8H2,1-2H3,(H2,15,17). The van der Waals surface area contributed by atoms with Crippen LogP contribution in [0.25, 0.3) is 0 Å². The molecule has 0 aliphatic rings. The minimum absolute atomic E-state index is 0.0580. The molecule has 1 atom stereocenters. The average Bonchev–Trinajstić information content (AvgIpc) is 2.39. The highest BCUT2D eigenvalue weighted by molar-refractivity contribution is 7.98. The minimum atomic E-state index is -0.848. The van der Waals surface area contributed by atoms with E-state index in [1.165, 1.54) is 6.07 Å². The SMILES string of the molecule is CSCC(C)(O)CNCc1cccc(/C(N)=N/O)c1F. The van der Waals surface area contributed by atoms with E-state index in [9.17, 15) is 9.50 Å². The quantitative estimate of drug-likeness (QED) is 0.262. The Labute approximate surface area is 122 Å². The summed E-state index contributed by atoms with van der Waals surface area (Å²) in [7, 11) is 0. The van der Waals surface area contributed by atoms with Gasteiger partial charge in [-0.05, 0) is 19.2 Å². The fourth-order valence-corrected chi connectivity index (χ4v) is 2.52. The van der Waals surface area contributed by atoms with Crippen molar-refractivity contribution in [1.29, 1.82) is 0 Å². The van der Waals surface area contributed by atoms with Crippen LogP contribution in [0.2, 0.25) is 0 Å². The first-order valence-corrected chi connectivity index (χ1v) is 7.48. The van der Waals surface area contributed by atoms with E-state index in [4.69, 9.17) is 10.9 Å². The molecule has 0 saturated heterocycles. The Morgan fingerprint density at radius 2 is 2.25 bits per heavy atom. The van der Waals surface area contributed by atoms with Gasteiger partial charge in [0.2, 0.25) is 0 Å². The minimum Gasteiger partial charge on any atom is -0.409 e. The number of thioether (sulfide) groups is 1. The number of rotatable bonds is 7. The van der Waals surface area contributed by atoms with Gasteiger partial charge in [0.1, 0.15) is 5.82 Å². The molecule has 5 N–H and O–H groups in total. The van der Waals surface area contributed by atoms with E-state index in [-0.39, 0.29) is 17.9 Å². The van der Waals surface area contributed by atoms with E-state index in [0.717, 1.165) is 0 Å². The number of amidine groups is 1. The number of aliphatic hydroxyl groups is 1. The molecule has 0 radical (unpaired) electrons. The van der Waals surface area contributed by atoms with Crippen molar-refractivity contribution in [3.63, 3.8) is 0 Å². The molecule has 112 valence electrons. The molecule has 0 amide bonds. The number of oxime groups is 1. The first-order valence-electron chi connectivity index (χ1n) is 6.08. The van der Waals surface area contributed by atoms with Crippen molar-refractivity contribution in [1.82, 2.24) is 5.32 Å². The maximum Gasteiger partial charge on any atom is 0.173 e. The highest BCUT2D eigenvalue weighted by Gasteiger charge is 2.19. The highest BCUT2D eigenvalue weighted by Crippen LogP contribution is 2.14. The van der Waals surface area contributed by atoms with Crippen molar-refractivity contribution in [3.05, 3.63) is 35.1 Å². The molecular weight excluding hydrogens is 281 g/mol. The molecule has 0 aliphatic carbocycles. The molecule has 1 rings (SSSR count). The van der Waals surface area contributed by atoms with Crippen LogP contribution in [0, 0.1) is 5.82 Å². The second-order valence-corrected chi connectivity index (χ2v) is 5.66. The molecule has 0 aliphatic heterocycles. The second-order valence-electron chi connectivity index (χ2n) is 4.80. The molecule has 0 saturated carbocycles. The second kappa shape index (κ2) is 7.47. The molecule has 0 bridgehead atoms. The lowest BCUT2D eigenvalue weighted by molar-refractivity contribution is 0.0845. The number of nitrogens with one attached hydrogen (secondary N) is 1. The summed E-state index contributed by atoms with van der Waals surface area (Å²) in [5.74, 6) is -0.203. The van der Waals surface area contributed by atoms with Gasteiger partial charge in [-0.1, -0.05) is 17.3 Å². The molecule has 0 fully saturated rings. The monoisotopic (exact) mass is 301 g/mol. The third-order valence-electron chi connectivity index (χ3n) is 2.74. The molecule has 0 heterocycles. The zero-order valence-electron chi connectivity index (χ0n) is 11.6. The number of hydrogen-bond donors (Lipinski definition) is 4. The Balaban J connectivity index is 2.70. The van der Waals surface area contributed by atoms with Gasteiger partial charge < -0.3 is 21.4 Å². The Hall–Kier alpha value is -1.31. The average molecular weight is 301 g/mol. The molecule has 0 spiro atoms. The Morgan fingerprint density at radius 1 is 1.55 bits per heavy atom. The third kappa shape index (κ3) is 4.66. The first-order chi connectivity index (χ1) is 9.41. The van der Waals surface area contributed by atoms with E-state index < -0.39 is 11.4 Å².